The molecule has 0 heterocycles. The highest BCUT2D eigenvalue weighted by atomic mass is 35.5. The van der Waals surface area contributed by atoms with Crippen LogP contribution in [0, 0.1) is 0 Å². The Balaban J connectivity index is 1.71. The van der Waals surface area contributed by atoms with Crippen molar-refractivity contribution < 1.29 is 21.6 Å². The molecule has 3 aromatic rings. The molecule has 0 radical (unpaired) electrons. The summed E-state index contributed by atoms with van der Waals surface area (Å²) in [5, 5.41) is 8.18. The molecule has 0 spiro atoms. The number of rotatable bonds is 6. The smallest absolute Gasteiger partial charge is 0.261 e. The normalized spacial score (nSPS) is 11.7. The Morgan fingerprint density at radius 2 is 1.23 bits per heavy atom. The molecular formula is C19H16ClN3O5S2. The Morgan fingerprint density at radius 3 is 1.77 bits per heavy atom. The zero-order valence-corrected chi connectivity index (χ0v) is 17.6. The summed E-state index contributed by atoms with van der Waals surface area (Å²) >= 11 is 5.80. The molecule has 0 aliphatic heterocycles. The molecule has 0 bridgehead atoms. The van der Waals surface area contributed by atoms with E-state index >= 15 is 0 Å². The van der Waals surface area contributed by atoms with E-state index in [4.69, 9.17) is 16.7 Å². The van der Waals surface area contributed by atoms with Gasteiger partial charge in [0.25, 0.3) is 15.9 Å². The Labute approximate surface area is 178 Å². The third-order valence-corrected chi connectivity index (χ3v) is 6.54. The lowest BCUT2D eigenvalue weighted by Gasteiger charge is -2.10. The molecular weight excluding hydrogens is 450 g/mol. The molecule has 0 fully saturated rings. The van der Waals surface area contributed by atoms with Gasteiger partial charge in [-0.3, -0.25) is 9.52 Å². The summed E-state index contributed by atoms with van der Waals surface area (Å²) in [7, 11) is -7.79. The molecule has 0 atom stereocenters. The fraction of sp³-hybridized carbons (Fsp3) is 0. The van der Waals surface area contributed by atoms with Crippen molar-refractivity contribution in [2.24, 2.45) is 5.14 Å². The van der Waals surface area contributed by atoms with Gasteiger partial charge in [0.05, 0.1) is 9.79 Å². The van der Waals surface area contributed by atoms with Crippen LogP contribution in [0.1, 0.15) is 10.4 Å². The number of amides is 1. The van der Waals surface area contributed by atoms with Gasteiger partial charge in [0.1, 0.15) is 0 Å². The molecule has 4 N–H and O–H groups in total. The van der Waals surface area contributed by atoms with E-state index in [1.807, 2.05) is 0 Å². The first-order valence-electron chi connectivity index (χ1n) is 8.37. The third kappa shape index (κ3) is 5.36. The monoisotopic (exact) mass is 465 g/mol. The first kappa shape index (κ1) is 21.8. The number of primary sulfonamides is 1. The number of halogens is 1. The standard InChI is InChI=1S/C19H16ClN3O5S2/c20-14-3-1-13(2-4-14)19(24)22-15-5-11-18(12-6-15)30(27,28)23-16-7-9-17(10-8-16)29(21,25)26/h1-12,23H,(H,22,24)(H2,21,25,26). The van der Waals surface area contributed by atoms with Gasteiger partial charge >= 0.3 is 0 Å². The van der Waals surface area contributed by atoms with Gasteiger partial charge in [0.15, 0.2) is 0 Å². The van der Waals surface area contributed by atoms with Crippen LogP contribution in [0.2, 0.25) is 5.02 Å². The van der Waals surface area contributed by atoms with Crippen molar-refractivity contribution in [1.82, 2.24) is 0 Å². The average molecular weight is 466 g/mol. The van der Waals surface area contributed by atoms with Crippen molar-refractivity contribution in [2.75, 3.05) is 10.0 Å². The van der Waals surface area contributed by atoms with E-state index in [1.165, 1.54) is 48.5 Å². The summed E-state index contributed by atoms with van der Waals surface area (Å²) in [5.74, 6) is -0.365. The molecule has 0 aromatic heterocycles. The summed E-state index contributed by atoms with van der Waals surface area (Å²) < 4.78 is 49.9. The summed E-state index contributed by atoms with van der Waals surface area (Å²) in [6, 6.07) is 16.9. The minimum Gasteiger partial charge on any atom is -0.322 e. The summed E-state index contributed by atoms with van der Waals surface area (Å²) in [6.07, 6.45) is 0. The van der Waals surface area contributed by atoms with Crippen LogP contribution in [-0.2, 0) is 20.0 Å². The number of carbonyl (C=O) groups excluding carboxylic acids is 1. The lowest BCUT2D eigenvalue weighted by molar-refractivity contribution is 0.102. The molecule has 0 saturated carbocycles. The Hall–Kier alpha value is -2.92. The van der Waals surface area contributed by atoms with Crippen LogP contribution in [-0.4, -0.2) is 22.7 Å². The molecule has 156 valence electrons. The number of nitrogens with two attached hydrogens (primary N) is 1. The van der Waals surface area contributed by atoms with Crippen molar-refractivity contribution >= 4 is 48.9 Å². The molecule has 8 nitrogen and oxygen atoms in total. The SMILES string of the molecule is NS(=O)(=O)c1ccc(NS(=O)(=O)c2ccc(NC(=O)c3ccc(Cl)cc3)cc2)cc1. The topological polar surface area (TPSA) is 135 Å². The van der Waals surface area contributed by atoms with E-state index < -0.39 is 20.0 Å². The molecule has 0 aliphatic carbocycles. The summed E-state index contributed by atoms with van der Waals surface area (Å²) in [6.45, 7) is 0. The van der Waals surface area contributed by atoms with Crippen molar-refractivity contribution in [3.63, 3.8) is 0 Å². The van der Waals surface area contributed by atoms with E-state index in [-0.39, 0.29) is 21.4 Å². The van der Waals surface area contributed by atoms with Crippen LogP contribution in [0.3, 0.4) is 0 Å². The highest BCUT2D eigenvalue weighted by Gasteiger charge is 2.15. The minimum atomic E-state index is -3.92. The summed E-state index contributed by atoms with van der Waals surface area (Å²) in [4.78, 5) is 12.0. The number of anilines is 2. The Bertz CT molecular complexity index is 1270. The fourth-order valence-electron chi connectivity index (χ4n) is 2.45. The van der Waals surface area contributed by atoms with Gasteiger partial charge in [-0.15, -0.1) is 0 Å². The van der Waals surface area contributed by atoms with Gasteiger partial charge in [0.2, 0.25) is 10.0 Å². The highest BCUT2D eigenvalue weighted by Crippen LogP contribution is 2.20. The zero-order valence-electron chi connectivity index (χ0n) is 15.2. The van der Waals surface area contributed by atoms with Crippen molar-refractivity contribution in [3.05, 3.63) is 83.4 Å². The van der Waals surface area contributed by atoms with Crippen molar-refractivity contribution in [1.29, 1.82) is 0 Å². The zero-order chi connectivity index (χ0) is 21.9. The van der Waals surface area contributed by atoms with Crippen LogP contribution in [0.5, 0.6) is 0 Å². The first-order valence-corrected chi connectivity index (χ1v) is 11.8. The first-order chi connectivity index (χ1) is 14.0. The molecule has 0 saturated heterocycles. The van der Waals surface area contributed by atoms with E-state index in [9.17, 15) is 21.6 Å². The number of benzene rings is 3. The second-order valence-electron chi connectivity index (χ2n) is 6.16. The van der Waals surface area contributed by atoms with E-state index in [0.717, 1.165) is 0 Å². The number of hydrogen-bond donors (Lipinski definition) is 3. The maximum atomic E-state index is 12.5. The number of carbonyl (C=O) groups is 1. The van der Waals surface area contributed by atoms with Crippen LogP contribution in [0.4, 0.5) is 11.4 Å². The van der Waals surface area contributed by atoms with Crippen molar-refractivity contribution in [2.45, 2.75) is 9.79 Å². The number of nitrogens with one attached hydrogen (secondary N) is 2. The maximum absolute atomic E-state index is 12.5. The second kappa shape index (κ2) is 8.44. The third-order valence-electron chi connectivity index (χ3n) is 3.96. The predicted octanol–water partition coefficient (Wildman–Crippen LogP) is 3.04. The lowest BCUT2D eigenvalue weighted by Crippen LogP contribution is -2.15. The van der Waals surface area contributed by atoms with E-state index in [1.54, 1.807) is 24.3 Å². The quantitative estimate of drug-likeness (QED) is 0.514. The molecule has 3 rings (SSSR count). The largest absolute Gasteiger partial charge is 0.322 e. The van der Waals surface area contributed by atoms with E-state index in [2.05, 4.69) is 10.0 Å². The highest BCUT2D eigenvalue weighted by molar-refractivity contribution is 7.92. The molecule has 1 amide bonds. The molecule has 0 unspecified atom stereocenters. The van der Waals surface area contributed by atoms with Crippen LogP contribution in [0.15, 0.2) is 82.6 Å². The van der Waals surface area contributed by atoms with Gasteiger partial charge in [0, 0.05) is 22.0 Å². The minimum absolute atomic E-state index is 0.0393. The lowest BCUT2D eigenvalue weighted by atomic mass is 10.2. The van der Waals surface area contributed by atoms with Gasteiger partial charge in [-0.25, -0.2) is 22.0 Å². The van der Waals surface area contributed by atoms with Gasteiger partial charge in [-0.2, -0.15) is 0 Å². The fourth-order valence-corrected chi connectivity index (χ4v) is 4.15. The maximum Gasteiger partial charge on any atom is 0.261 e. The molecule has 30 heavy (non-hydrogen) atoms. The molecule has 0 aliphatic rings. The average Bonchev–Trinajstić information content (AvgIpc) is 2.68. The second-order valence-corrected chi connectivity index (χ2v) is 9.84. The van der Waals surface area contributed by atoms with Crippen molar-refractivity contribution in [3.8, 4) is 0 Å². The molecule has 3 aromatic carbocycles. The van der Waals surface area contributed by atoms with Crippen LogP contribution >= 0.6 is 11.6 Å². The number of sulfonamides is 2. The predicted molar refractivity (Wildman–Crippen MR) is 114 cm³/mol. The summed E-state index contributed by atoms with van der Waals surface area (Å²) in [5.41, 5.74) is 0.981. The molecule has 11 heteroatoms. The van der Waals surface area contributed by atoms with Gasteiger partial charge in [-0.1, -0.05) is 11.6 Å². The Kier molecular flexibility index (Phi) is 6.13. The number of hydrogen-bond acceptors (Lipinski definition) is 5. The van der Waals surface area contributed by atoms with Gasteiger partial charge in [-0.05, 0) is 72.8 Å². The van der Waals surface area contributed by atoms with Crippen LogP contribution < -0.4 is 15.2 Å². The Morgan fingerprint density at radius 1 is 0.733 bits per heavy atom. The van der Waals surface area contributed by atoms with E-state index in [0.29, 0.717) is 16.3 Å². The van der Waals surface area contributed by atoms with Gasteiger partial charge < -0.3 is 5.32 Å². The van der Waals surface area contributed by atoms with Crippen LogP contribution in [0.25, 0.3) is 0 Å².